The third-order valence-electron chi connectivity index (χ3n) is 6.93. The molecule has 1 fully saturated rings. The number of piperidine rings is 1. The Morgan fingerprint density at radius 3 is 2.54 bits per heavy atom. The fraction of sp³-hybridized carbons (Fsp3) is 0.370. The molecule has 1 aliphatic heterocycles. The molecule has 1 amide bonds. The molecule has 196 valence electrons. The Labute approximate surface area is 213 Å². The molecule has 1 aliphatic rings. The molecule has 10 heteroatoms. The summed E-state index contributed by atoms with van der Waals surface area (Å²) in [6, 6.07) is 5.91. The van der Waals surface area contributed by atoms with Crippen LogP contribution in [0.1, 0.15) is 49.0 Å². The number of methoxy groups -OCH3 is 1. The Morgan fingerprint density at radius 1 is 1.24 bits per heavy atom. The van der Waals surface area contributed by atoms with Crippen LogP contribution in [0.5, 0.6) is 5.75 Å². The van der Waals surface area contributed by atoms with E-state index in [4.69, 9.17) is 10.1 Å². The Bertz CT molecular complexity index is 1320. The third kappa shape index (κ3) is 5.11. The van der Waals surface area contributed by atoms with Crippen molar-refractivity contribution in [2.75, 3.05) is 20.3 Å². The van der Waals surface area contributed by atoms with Crippen LogP contribution >= 0.6 is 0 Å². The van der Waals surface area contributed by atoms with Crippen molar-refractivity contribution in [3.8, 4) is 11.4 Å². The van der Waals surface area contributed by atoms with E-state index in [0.717, 1.165) is 23.5 Å². The van der Waals surface area contributed by atoms with Crippen LogP contribution in [0.4, 0.5) is 13.2 Å². The summed E-state index contributed by atoms with van der Waals surface area (Å²) >= 11 is 0. The zero-order valence-electron chi connectivity index (χ0n) is 20.9. The normalized spacial score (nSPS) is 18.7. The van der Waals surface area contributed by atoms with Gasteiger partial charge in [0.05, 0.1) is 42.9 Å². The number of ether oxygens (including phenoxy) is 1. The fourth-order valence-electron chi connectivity index (χ4n) is 4.93. The van der Waals surface area contributed by atoms with Crippen LogP contribution in [-0.2, 0) is 4.79 Å². The molecule has 2 atom stereocenters. The molecule has 0 bridgehead atoms. The van der Waals surface area contributed by atoms with E-state index >= 15 is 0 Å². The number of aryl methyl sites for hydroxylation is 1. The minimum absolute atomic E-state index is 0.0263. The summed E-state index contributed by atoms with van der Waals surface area (Å²) in [5, 5.41) is 18.8. The van der Waals surface area contributed by atoms with Gasteiger partial charge in [0.2, 0.25) is 5.91 Å². The molecule has 2 N–H and O–H groups in total. The lowest BCUT2D eigenvalue weighted by atomic mass is 9.75. The molecule has 2 heterocycles. The van der Waals surface area contributed by atoms with Crippen molar-refractivity contribution in [2.24, 2.45) is 5.41 Å². The van der Waals surface area contributed by atoms with Crippen LogP contribution < -0.4 is 4.74 Å². The van der Waals surface area contributed by atoms with Crippen LogP contribution in [0, 0.1) is 35.2 Å². The quantitative estimate of drug-likeness (QED) is 0.336. The van der Waals surface area contributed by atoms with Gasteiger partial charge in [-0.15, -0.1) is 0 Å². The number of hydrogen-bond donors (Lipinski definition) is 2. The van der Waals surface area contributed by atoms with Gasteiger partial charge in [-0.3, -0.25) is 4.79 Å². The number of likely N-dealkylation sites (tertiary alicyclic amines) is 1. The van der Waals surface area contributed by atoms with Crippen LogP contribution in [0.15, 0.2) is 42.9 Å². The Balaban J connectivity index is 1.57. The third-order valence-corrected chi connectivity index (χ3v) is 6.93. The topological polar surface area (TPSA) is 91.4 Å². The van der Waals surface area contributed by atoms with Gasteiger partial charge in [0, 0.05) is 24.9 Å². The number of hydrogen-bond acceptors (Lipinski definition) is 5. The molecule has 0 spiro atoms. The molecule has 0 radical (unpaired) electrons. The first-order valence-corrected chi connectivity index (χ1v) is 11.9. The Morgan fingerprint density at radius 2 is 1.95 bits per heavy atom. The predicted molar refractivity (Wildman–Crippen MR) is 131 cm³/mol. The first kappa shape index (κ1) is 26.4. The molecule has 37 heavy (non-hydrogen) atoms. The van der Waals surface area contributed by atoms with E-state index in [1.165, 1.54) is 12.0 Å². The summed E-state index contributed by atoms with van der Waals surface area (Å²) in [5.41, 5.74) is 1.41. The second kappa shape index (κ2) is 10.4. The average molecular weight is 515 g/mol. The summed E-state index contributed by atoms with van der Waals surface area (Å²) in [6.07, 6.45) is 4.71. The lowest BCUT2D eigenvalue weighted by Crippen LogP contribution is -2.50. The van der Waals surface area contributed by atoms with Gasteiger partial charge in [-0.25, -0.2) is 18.2 Å². The van der Waals surface area contributed by atoms with E-state index in [-0.39, 0.29) is 30.1 Å². The largest absolute Gasteiger partial charge is 0.495 e. The number of rotatable bonds is 8. The highest BCUT2D eigenvalue weighted by molar-refractivity contribution is 6.02. The van der Waals surface area contributed by atoms with Crippen LogP contribution in [0.2, 0.25) is 0 Å². The first-order chi connectivity index (χ1) is 17.6. The summed E-state index contributed by atoms with van der Waals surface area (Å²) < 4.78 is 48.6. The highest BCUT2D eigenvalue weighted by atomic mass is 19.2. The van der Waals surface area contributed by atoms with Crippen LogP contribution in [0.3, 0.4) is 0 Å². The molecule has 1 saturated heterocycles. The maximum absolute atomic E-state index is 13.9. The monoisotopic (exact) mass is 514 g/mol. The summed E-state index contributed by atoms with van der Waals surface area (Å²) in [6.45, 7) is 3.30. The van der Waals surface area contributed by atoms with E-state index in [2.05, 4.69) is 4.98 Å². The molecule has 4 rings (SSSR count). The van der Waals surface area contributed by atoms with Crippen molar-refractivity contribution < 1.29 is 27.8 Å². The maximum Gasteiger partial charge on any atom is 0.229 e. The van der Waals surface area contributed by atoms with Gasteiger partial charge in [0.1, 0.15) is 5.75 Å². The maximum atomic E-state index is 13.9. The van der Waals surface area contributed by atoms with Gasteiger partial charge < -0.3 is 24.7 Å². The number of imidazole rings is 1. The van der Waals surface area contributed by atoms with Gasteiger partial charge >= 0.3 is 0 Å². The molecular weight excluding hydrogens is 485 g/mol. The van der Waals surface area contributed by atoms with Crippen molar-refractivity contribution in [3.63, 3.8) is 0 Å². The number of aromatic nitrogens is 2. The number of aliphatic hydroxyl groups excluding tert-OH is 1. The molecule has 1 aromatic heterocycles. The lowest BCUT2D eigenvalue weighted by Gasteiger charge is -2.43. The fourth-order valence-corrected chi connectivity index (χ4v) is 4.93. The number of benzene rings is 2. The Kier molecular flexibility index (Phi) is 7.40. The minimum atomic E-state index is -1.60. The zero-order valence-corrected chi connectivity index (χ0v) is 20.9. The highest BCUT2D eigenvalue weighted by Gasteiger charge is 2.43. The van der Waals surface area contributed by atoms with E-state index in [9.17, 15) is 23.1 Å². The van der Waals surface area contributed by atoms with Crippen molar-refractivity contribution in [2.45, 2.75) is 39.2 Å². The minimum Gasteiger partial charge on any atom is -0.495 e. The van der Waals surface area contributed by atoms with Gasteiger partial charge in [0.15, 0.2) is 17.5 Å². The lowest BCUT2D eigenvalue weighted by molar-refractivity contribution is -0.149. The van der Waals surface area contributed by atoms with Crippen molar-refractivity contribution in [1.82, 2.24) is 14.5 Å². The van der Waals surface area contributed by atoms with E-state index in [1.807, 2.05) is 23.8 Å². The second-order valence-corrected chi connectivity index (χ2v) is 9.62. The van der Waals surface area contributed by atoms with Gasteiger partial charge in [-0.1, -0.05) is 13.0 Å². The molecule has 2 aromatic carbocycles. The highest BCUT2D eigenvalue weighted by Crippen LogP contribution is 2.39. The van der Waals surface area contributed by atoms with Crippen molar-refractivity contribution in [1.29, 1.82) is 5.41 Å². The predicted octanol–water partition coefficient (Wildman–Crippen LogP) is 4.73. The summed E-state index contributed by atoms with van der Waals surface area (Å²) in [7, 11) is 1.54. The first-order valence-electron chi connectivity index (χ1n) is 11.9. The SMILES string of the molecule is COc1cc(C(=N)C[C@@]2(C)CCCN(C(CO)c3cc(F)c(F)c(F)c3)C2=O)ccc1-n1cnc(C)c1. The van der Waals surface area contributed by atoms with Crippen molar-refractivity contribution >= 4 is 11.6 Å². The molecule has 0 saturated carbocycles. The van der Waals surface area contributed by atoms with E-state index in [0.29, 0.717) is 24.2 Å². The van der Waals surface area contributed by atoms with E-state index < -0.39 is 35.5 Å². The second-order valence-electron chi connectivity index (χ2n) is 9.62. The molecule has 3 aromatic rings. The molecular formula is C27H29F3N4O3. The smallest absolute Gasteiger partial charge is 0.229 e. The number of carbonyl (C=O) groups is 1. The summed E-state index contributed by atoms with van der Waals surface area (Å²) in [4.78, 5) is 19.2. The van der Waals surface area contributed by atoms with Crippen LogP contribution in [-0.4, -0.2) is 51.4 Å². The zero-order chi connectivity index (χ0) is 26.9. The van der Waals surface area contributed by atoms with E-state index in [1.54, 1.807) is 25.4 Å². The molecule has 1 unspecified atom stereocenters. The standard InChI is InChI=1S/C27H29F3N4O3/c1-16-13-33(15-32-16)22-6-5-17(11-24(22)37-3)21(31)12-27(2)7-4-8-34(26(27)36)23(14-35)18-9-19(28)25(30)20(29)10-18/h5-6,9-11,13,15,23,31,35H,4,7-8,12,14H2,1-3H3/t23?,27-/m1/s1. The van der Waals surface area contributed by atoms with Gasteiger partial charge in [0.25, 0.3) is 0 Å². The average Bonchev–Trinajstić information content (AvgIpc) is 3.31. The number of carbonyl (C=O) groups excluding carboxylic acids is 1. The van der Waals surface area contributed by atoms with Gasteiger partial charge in [-0.2, -0.15) is 0 Å². The van der Waals surface area contributed by atoms with Crippen LogP contribution in [0.25, 0.3) is 5.69 Å². The van der Waals surface area contributed by atoms with Gasteiger partial charge in [-0.05, 0) is 55.2 Å². The number of nitrogens with zero attached hydrogens (tertiary/aromatic N) is 3. The Hall–Kier alpha value is -3.66. The number of amides is 1. The number of aliphatic hydroxyl groups is 1. The number of halogens is 3. The molecule has 7 nitrogen and oxygen atoms in total. The molecule has 0 aliphatic carbocycles. The van der Waals surface area contributed by atoms with Crippen molar-refractivity contribution in [3.05, 3.63) is 77.1 Å². The number of nitrogens with one attached hydrogen (secondary N) is 1. The summed E-state index contributed by atoms with van der Waals surface area (Å²) in [5.74, 6) is -4.17.